The molecule has 0 radical (unpaired) electrons. The van der Waals surface area contributed by atoms with Crippen molar-refractivity contribution in [2.45, 2.75) is 19.4 Å². The van der Waals surface area contributed by atoms with E-state index in [1.807, 2.05) is 24.3 Å². The van der Waals surface area contributed by atoms with Crippen LogP contribution < -0.4 is 5.32 Å². The molecule has 4 heteroatoms. The third-order valence-electron chi connectivity index (χ3n) is 2.95. The Morgan fingerprint density at radius 2 is 2.12 bits per heavy atom. The van der Waals surface area contributed by atoms with Gasteiger partial charge in [-0.3, -0.25) is 10.7 Å². The maximum Gasteiger partial charge on any atom is 0.323 e. The Morgan fingerprint density at radius 1 is 1.44 bits per heavy atom. The number of amides is 2. The molecule has 0 aliphatic carbocycles. The van der Waals surface area contributed by atoms with E-state index in [1.54, 1.807) is 11.9 Å². The van der Waals surface area contributed by atoms with Crippen molar-refractivity contribution in [3.63, 3.8) is 0 Å². The normalized spacial score (nSPS) is 20.1. The fourth-order valence-corrected chi connectivity index (χ4v) is 2.07. The summed E-state index contributed by atoms with van der Waals surface area (Å²) < 4.78 is 0. The second kappa shape index (κ2) is 3.96. The minimum absolute atomic E-state index is 0.207. The lowest BCUT2D eigenvalue weighted by Gasteiger charge is -2.20. The Hall–Kier alpha value is -1.84. The average Bonchev–Trinajstić information content (AvgIpc) is 2.53. The van der Waals surface area contributed by atoms with E-state index in [2.05, 4.69) is 12.2 Å². The van der Waals surface area contributed by atoms with E-state index in [0.717, 1.165) is 12.0 Å². The molecule has 2 N–H and O–H groups in total. The molecule has 1 aromatic rings. The number of rotatable bonds is 2. The van der Waals surface area contributed by atoms with Gasteiger partial charge in [-0.25, -0.2) is 4.79 Å². The molecule has 1 heterocycles. The zero-order chi connectivity index (χ0) is 11.7. The van der Waals surface area contributed by atoms with Crippen LogP contribution in [0.15, 0.2) is 24.3 Å². The SMILES string of the molecule is CCc1ccccc1C1C(=N)NC(=O)N1C. The first-order valence-corrected chi connectivity index (χ1v) is 5.35. The highest BCUT2D eigenvalue weighted by Crippen LogP contribution is 2.27. The smallest absolute Gasteiger partial charge is 0.313 e. The second-order valence-electron chi connectivity index (χ2n) is 3.91. The van der Waals surface area contributed by atoms with Gasteiger partial charge in [-0.1, -0.05) is 31.2 Å². The van der Waals surface area contributed by atoms with Gasteiger partial charge in [-0.05, 0) is 17.5 Å². The number of urea groups is 1. The Kier molecular flexibility index (Phi) is 2.64. The minimum atomic E-state index is -0.261. The van der Waals surface area contributed by atoms with Gasteiger partial charge >= 0.3 is 6.03 Å². The summed E-state index contributed by atoms with van der Waals surface area (Å²) in [7, 11) is 1.72. The fourth-order valence-electron chi connectivity index (χ4n) is 2.07. The van der Waals surface area contributed by atoms with Gasteiger partial charge in [0.2, 0.25) is 0 Å². The highest BCUT2D eigenvalue weighted by molar-refractivity contribution is 6.05. The van der Waals surface area contributed by atoms with Gasteiger partial charge in [-0.15, -0.1) is 0 Å². The molecule has 0 bridgehead atoms. The van der Waals surface area contributed by atoms with Crippen LogP contribution in [0.3, 0.4) is 0 Å². The van der Waals surface area contributed by atoms with Crippen molar-refractivity contribution in [1.29, 1.82) is 5.41 Å². The summed E-state index contributed by atoms with van der Waals surface area (Å²) in [5, 5.41) is 10.3. The molecule has 1 aliphatic rings. The lowest BCUT2D eigenvalue weighted by atomic mass is 9.98. The summed E-state index contributed by atoms with van der Waals surface area (Å²) in [6.45, 7) is 2.08. The lowest BCUT2D eigenvalue weighted by Crippen LogP contribution is -2.25. The molecular weight excluding hydrogens is 202 g/mol. The first-order chi connectivity index (χ1) is 7.65. The van der Waals surface area contributed by atoms with Crippen LogP contribution in [0, 0.1) is 5.41 Å². The number of carbonyl (C=O) groups excluding carboxylic acids is 1. The van der Waals surface area contributed by atoms with Crippen molar-refractivity contribution in [3.8, 4) is 0 Å². The van der Waals surface area contributed by atoms with Crippen LogP contribution in [-0.2, 0) is 6.42 Å². The molecule has 0 saturated carbocycles. The zero-order valence-corrected chi connectivity index (χ0v) is 9.45. The summed E-state index contributed by atoms with van der Waals surface area (Å²) >= 11 is 0. The largest absolute Gasteiger partial charge is 0.323 e. The Bertz CT molecular complexity index is 442. The van der Waals surface area contributed by atoms with Gasteiger partial charge in [0, 0.05) is 7.05 Å². The zero-order valence-electron chi connectivity index (χ0n) is 9.45. The second-order valence-corrected chi connectivity index (χ2v) is 3.91. The van der Waals surface area contributed by atoms with Gasteiger partial charge < -0.3 is 4.90 Å². The molecular formula is C12H15N3O. The maximum atomic E-state index is 11.4. The standard InChI is InChI=1S/C12H15N3O/c1-3-8-6-4-5-7-9(8)10-11(13)14-12(16)15(10)2/h4-7,10H,3H2,1-2H3,(H2,13,14,16). The van der Waals surface area contributed by atoms with Crippen molar-refractivity contribution in [2.24, 2.45) is 0 Å². The molecule has 1 aromatic carbocycles. The van der Waals surface area contributed by atoms with Gasteiger partial charge in [0.15, 0.2) is 0 Å². The molecule has 2 rings (SSSR count). The lowest BCUT2D eigenvalue weighted by molar-refractivity contribution is 0.217. The van der Waals surface area contributed by atoms with Gasteiger partial charge in [0.05, 0.1) is 0 Å². The summed E-state index contributed by atoms with van der Waals surface area (Å²) in [6, 6.07) is 7.48. The Morgan fingerprint density at radius 3 is 2.69 bits per heavy atom. The van der Waals surface area contributed by atoms with Crippen LogP contribution in [0.2, 0.25) is 0 Å². The molecule has 16 heavy (non-hydrogen) atoms. The molecule has 84 valence electrons. The van der Waals surface area contributed by atoms with Crippen LogP contribution in [0.25, 0.3) is 0 Å². The minimum Gasteiger partial charge on any atom is -0.313 e. The number of amidine groups is 1. The number of nitrogens with zero attached hydrogens (tertiary/aromatic N) is 1. The van der Waals surface area contributed by atoms with Crippen LogP contribution in [-0.4, -0.2) is 23.8 Å². The average molecular weight is 217 g/mol. The Labute approximate surface area is 94.8 Å². The van der Waals surface area contributed by atoms with Gasteiger partial charge in [-0.2, -0.15) is 0 Å². The number of benzene rings is 1. The molecule has 1 saturated heterocycles. The number of hydrogen-bond acceptors (Lipinski definition) is 2. The maximum absolute atomic E-state index is 11.4. The van der Waals surface area contributed by atoms with Crippen LogP contribution in [0.1, 0.15) is 24.1 Å². The van der Waals surface area contributed by atoms with Crippen LogP contribution in [0.5, 0.6) is 0 Å². The molecule has 1 fully saturated rings. The van der Waals surface area contributed by atoms with E-state index in [-0.39, 0.29) is 17.9 Å². The van der Waals surface area contributed by atoms with Gasteiger partial charge in [0.25, 0.3) is 0 Å². The molecule has 1 unspecified atom stereocenters. The highest BCUT2D eigenvalue weighted by Gasteiger charge is 2.34. The first-order valence-electron chi connectivity index (χ1n) is 5.35. The van der Waals surface area contributed by atoms with E-state index >= 15 is 0 Å². The first kappa shape index (κ1) is 10.7. The van der Waals surface area contributed by atoms with E-state index in [4.69, 9.17) is 5.41 Å². The van der Waals surface area contributed by atoms with Crippen molar-refractivity contribution in [2.75, 3.05) is 7.05 Å². The van der Waals surface area contributed by atoms with Crippen molar-refractivity contribution in [3.05, 3.63) is 35.4 Å². The number of aryl methyl sites for hydroxylation is 1. The van der Waals surface area contributed by atoms with E-state index in [1.165, 1.54) is 5.56 Å². The third kappa shape index (κ3) is 1.56. The summed E-state index contributed by atoms with van der Waals surface area (Å²) in [5.41, 5.74) is 2.22. The summed E-state index contributed by atoms with van der Waals surface area (Å²) in [4.78, 5) is 13.0. The van der Waals surface area contributed by atoms with Crippen molar-refractivity contribution in [1.82, 2.24) is 10.2 Å². The van der Waals surface area contributed by atoms with Crippen molar-refractivity contribution >= 4 is 11.9 Å². The summed E-state index contributed by atoms with van der Waals surface area (Å²) in [5.74, 6) is 0.258. The highest BCUT2D eigenvalue weighted by atomic mass is 16.2. The third-order valence-corrected chi connectivity index (χ3v) is 2.95. The molecule has 1 aliphatic heterocycles. The number of nitrogens with one attached hydrogen (secondary N) is 2. The van der Waals surface area contributed by atoms with E-state index in [9.17, 15) is 4.79 Å². The van der Waals surface area contributed by atoms with Crippen molar-refractivity contribution < 1.29 is 4.79 Å². The number of hydrogen-bond donors (Lipinski definition) is 2. The molecule has 0 aromatic heterocycles. The monoisotopic (exact) mass is 217 g/mol. The number of likely N-dealkylation sites (N-methyl/N-ethyl adjacent to an activating group) is 1. The topological polar surface area (TPSA) is 56.2 Å². The van der Waals surface area contributed by atoms with Crippen LogP contribution in [0.4, 0.5) is 4.79 Å². The fraction of sp³-hybridized carbons (Fsp3) is 0.333. The predicted molar refractivity (Wildman–Crippen MR) is 62.6 cm³/mol. The van der Waals surface area contributed by atoms with Gasteiger partial charge in [0.1, 0.15) is 11.9 Å². The van der Waals surface area contributed by atoms with E-state index in [0.29, 0.717) is 0 Å². The van der Waals surface area contributed by atoms with Crippen LogP contribution >= 0.6 is 0 Å². The molecule has 2 amide bonds. The molecule has 4 nitrogen and oxygen atoms in total. The number of carbonyl (C=O) groups is 1. The Balaban J connectivity index is 2.44. The molecule has 0 spiro atoms. The van der Waals surface area contributed by atoms with E-state index < -0.39 is 0 Å². The molecule has 1 atom stereocenters. The summed E-state index contributed by atoms with van der Waals surface area (Å²) in [6.07, 6.45) is 0.905. The quantitative estimate of drug-likeness (QED) is 0.781. The predicted octanol–water partition coefficient (Wildman–Crippen LogP) is 1.92.